The number of carbonyl (C=O) groups excluding carboxylic acids is 1. The van der Waals surface area contributed by atoms with Crippen LogP contribution < -0.4 is 5.32 Å². The van der Waals surface area contributed by atoms with Crippen LogP contribution in [0.2, 0.25) is 5.02 Å². The molecule has 5 rings (SSSR count). The van der Waals surface area contributed by atoms with E-state index in [4.69, 9.17) is 11.6 Å². The van der Waals surface area contributed by atoms with Crippen molar-refractivity contribution < 1.29 is 4.79 Å². The number of aromatic nitrogens is 1. The first-order valence-corrected chi connectivity index (χ1v) is 11.9. The zero-order valence-corrected chi connectivity index (χ0v) is 18.9. The van der Waals surface area contributed by atoms with E-state index in [1.54, 1.807) is 0 Å². The minimum Gasteiger partial charge on any atom is -0.336 e. The second-order valence-electron chi connectivity index (χ2n) is 8.48. The summed E-state index contributed by atoms with van der Waals surface area (Å²) in [6, 6.07) is 12.0. The fourth-order valence-electron chi connectivity index (χ4n) is 4.71. The Bertz CT molecular complexity index is 1080. The maximum absolute atomic E-state index is 13.4. The van der Waals surface area contributed by atoms with Crippen molar-refractivity contribution in [2.45, 2.75) is 58.2 Å². The van der Waals surface area contributed by atoms with Crippen LogP contribution in [0.1, 0.15) is 60.0 Å². The van der Waals surface area contributed by atoms with Crippen molar-refractivity contribution in [2.75, 3.05) is 0 Å². The summed E-state index contributed by atoms with van der Waals surface area (Å²) >= 11 is 8.08. The van der Waals surface area contributed by atoms with Crippen LogP contribution in [0.25, 0.3) is 5.00 Å². The summed E-state index contributed by atoms with van der Waals surface area (Å²) in [7, 11) is 0. The van der Waals surface area contributed by atoms with Crippen molar-refractivity contribution in [2.24, 2.45) is 0 Å². The van der Waals surface area contributed by atoms with Gasteiger partial charge in [-0.25, -0.2) is 4.79 Å². The highest BCUT2D eigenvalue weighted by Crippen LogP contribution is 2.44. The van der Waals surface area contributed by atoms with Crippen LogP contribution in [0, 0.1) is 0 Å². The highest BCUT2D eigenvalue weighted by Gasteiger charge is 2.36. The number of nitrogens with one attached hydrogen (secondary N) is 1. The fraction of sp³-hybridized carbons (Fsp3) is 0.375. The molecule has 2 aliphatic rings. The van der Waals surface area contributed by atoms with E-state index >= 15 is 0 Å². The van der Waals surface area contributed by atoms with Gasteiger partial charge in [-0.3, -0.25) is 0 Å². The van der Waals surface area contributed by atoms with Gasteiger partial charge >= 0.3 is 6.03 Å². The lowest BCUT2D eigenvalue weighted by Crippen LogP contribution is -2.44. The van der Waals surface area contributed by atoms with Crippen molar-refractivity contribution in [1.82, 2.24) is 14.8 Å². The van der Waals surface area contributed by atoms with Gasteiger partial charge in [0.2, 0.25) is 0 Å². The third-order valence-electron chi connectivity index (χ3n) is 6.04. The van der Waals surface area contributed by atoms with E-state index in [0.717, 1.165) is 24.1 Å². The fourth-order valence-corrected chi connectivity index (χ4v) is 6.24. The lowest BCUT2D eigenvalue weighted by molar-refractivity contribution is 0.178. The molecular formula is C24H26ClN3OS. The lowest BCUT2D eigenvalue weighted by Gasteiger charge is -2.32. The number of urea groups is 1. The van der Waals surface area contributed by atoms with E-state index in [1.807, 2.05) is 54.3 Å². The van der Waals surface area contributed by atoms with Gasteiger partial charge in [-0.15, -0.1) is 11.3 Å². The zero-order valence-electron chi connectivity index (χ0n) is 17.3. The maximum Gasteiger partial charge on any atom is 0.318 e. The molecule has 30 heavy (non-hydrogen) atoms. The van der Waals surface area contributed by atoms with Gasteiger partial charge in [0.25, 0.3) is 0 Å². The van der Waals surface area contributed by atoms with Crippen LogP contribution in [0.5, 0.6) is 0 Å². The molecule has 0 bridgehead atoms. The Morgan fingerprint density at radius 3 is 2.67 bits per heavy atom. The third kappa shape index (κ3) is 3.34. The van der Waals surface area contributed by atoms with Gasteiger partial charge in [0.15, 0.2) is 0 Å². The highest BCUT2D eigenvalue weighted by molar-refractivity contribution is 7.15. The Morgan fingerprint density at radius 2 is 1.90 bits per heavy atom. The molecule has 0 unspecified atom stereocenters. The molecular weight excluding hydrogens is 414 g/mol. The number of halogens is 1. The Morgan fingerprint density at radius 1 is 1.13 bits per heavy atom. The summed E-state index contributed by atoms with van der Waals surface area (Å²) in [5.74, 6) is 0. The summed E-state index contributed by atoms with van der Waals surface area (Å²) in [5.41, 5.74) is 4.98. The Balaban J connectivity index is 1.69. The molecule has 2 amide bonds. The van der Waals surface area contributed by atoms with E-state index < -0.39 is 0 Å². The quantitative estimate of drug-likeness (QED) is 0.515. The highest BCUT2D eigenvalue weighted by atomic mass is 35.5. The molecule has 2 aromatic heterocycles. The number of aryl methyl sites for hydroxylation is 1. The number of benzene rings is 1. The van der Waals surface area contributed by atoms with Gasteiger partial charge in [-0.1, -0.05) is 23.7 Å². The molecule has 0 radical (unpaired) electrons. The molecule has 1 atom stereocenters. The normalized spacial score (nSPS) is 17.9. The van der Waals surface area contributed by atoms with Gasteiger partial charge in [-0.05, 0) is 74.9 Å². The van der Waals surface area contributed by atoms with Gasteiger partial charge in [0.05, 0.1) is 18.3 Å². The van der Waals surface area contributed by atoms with Crippen molar-refractivity contribution in [3.63, 3.8) is 0 Å². The van der Waals surface area contributed by atoms with Gasteiger partial charge in [0, 0.05) is 27.7 Å². The predicted octanol–water partition coefficient (Wildman–Crippen LogP) is 6.09. The van der Waals surface area contributed by atoms with Crippen molar-refractivity contribution in [3.05, 3.63) is 74.9 Å². The third-order valence-corrected chi connectivity index (χ3v) is 7.62. The predicted molar refractivity (Wildman–Crippen MR) is 123 cm³/mol. The second-order valence-corrected chi connectivity index (χ2v) is 10.0. The standard InChI is InChI=1S/C24H26ClN3OS/c1-15(2)26-24(29)28-14-19-18-6-3-4-8-21(18)30-23(19)27-13-5-7-20(27)22(28)16-9-11-17(25)12-10-16/h5,7,9-13,15,22H,3-4,6,8,14H2,1-2H3,(H,26,29)/t22-/m0/s1. The lowest BCUT2D eigenvalue weighted by atomic mass is 9.95. The summed E-state index contributed by atoms with van der Waals surface area (Å²) in [6.07, 6.45) is 6.90. The van der Waals surface area contributed by atoms with Gasteiger partial charge < -0.3 is 14.8 Å². The molecule has 1 aliphatic carbocycles. The summed E-state index contributed by atoms with van der Waals surface area (Å²) in [4.78, 5) is 16.9. The average molecular weight is 440 g/mol. The number of hydrogen-bond donors (Lipinski definition) is 1. The molecule has 1 N–H and O–H groups in total. The Labute approximate surface area is 186 Å². The van der Waals surface area contributed by atoms with Crippen LogP contribution in [-0.4, -0.2) is 21.5 Å². The smallest absolute Gasteiger partial charge is 0.318 e. The first-order valence-electron chi connectivity index (χ1n) is 10.7. The Kier molecular flexibility index (Phi) is 5.11. The van der Waals surface area contributed by atoms with Crippen LogP contribution >= 0.6 is 22.9 Å². The minimum absolute atomic E-state index is 0.0266. The van der Waals surface area contributed by atoms with E-state index in [2.05, 4.69) is 28.2 Å². The summed E-state index contributed by atoms with van der Waals surface area (Å²) in [5, 5.41) is 5.11. The van der Waals surface area contributed by atoms with Crippen molar-refractivity contribution in [1.29, 1.82) is 0 Å². The molecule has 3 heterocycles. The SMILES string of the molecule is CC(C)NC(=O)N1Cc2c(sc3c2CCCC3)-n2cccc2[C@@H]1c1ccc(Cl)cc1. The topological polar surface area (TPSA) is 37.3 Å². The first-order chi connectivity index (χ1) is 14.5. The maximum atomic E-state index is 13.4. The molecule has 0 spiro atoms. The molecule has 3 aromatic rings. The monoisotopic (exact) mass is 439 g/mol. The van der Waals surface area contributed by atoms with Crippen molar-refractivity contribution >= 4 is 29.0 Å². The zero-order chi connectivity index (χ0) is 20.8. The molecule has 1 aliphatic heterocycles. The molecule has 6 heteroatoms. The Hall–Kier alpha value is -2.24. The van der Waals surface area contributed by atoms with E-state index in [0.29, 0.717) is 11.6 Å². The number of nitrogens with zero attached hydrogens (tertiary/aromatic N) is 2. The van der Waals surface area contributed by atoms with Crippen molar-refractivity contribution in [3.8, 4) is 5.00 Å². The summed E-state index contributed by atoms with van der Waals surface area (Å²) in [6.45, 7) is 4.63. The van der Waals surface area contributed by atoms with Crippen LogP contribution in [0.3, 0.4) is 0 Å². The largest absolute Gasteiger partial charge is 0.336 e. The molecule has 1 aromatic carbocycles. The number of carbonyl (C=O) groups is 1. The van der Waals surface area contributed by atoms with E-state index in [-0.39, 0.29) is 18.1 Å². The van der Waals surface area contributed by atoms with Crippen LogP contribution in [0.4, 0.5) is 4.79 Å². The number of fused-ring (bicyclic) bond motifs is 5. The second kappa shape index (κ2) is 7.78. The van der Waals surface area contributed by atoms with E-state index in [1.165, 1.54) is 33.8 Å². The molecule has 0 saturated carbocycles. The van der Waals surface area contributed by atoms with E-state index in [9.17, 15) is 4.79 Å². The minimum atomic E-state index is -0.171. The number of amides is 2. The molecule has 0 fully saturated rings. The first kappa shape index (κ1) is 19.7. The number of thiophene rings is 1. The molecule has 156 valence electrons. The van der Waals surface area contributed by atoms with Crippen LogP contribution in [0.15, 0.2) is 42.6 Å². The number of rotatable bonds is 2. The van der Waals surface area contributed by atoms with Crippen LogP contribution in [-0.2, 0) is 19.4 Å². The molecule has 0 saturated heterocycles. The number of hydrogen-bond acceptors (Lipinski definition) is 2. The average Bonchev–Trinajstić information content (AvgIpc) is 3.30. The van der Waals surface area contributed by atoms with Gasteiger partial charge in [-0.2, -0.15) is 0 Å². The van der Waals surface area contributed by atoms with Gasteiger partial charge in [0.1, 0.15) is 5.00 Å². The molecule has 4 nitrogen and oxygen atoms in total. The summed E-state index contributed by atoms with van der Waals surface area (Å²) < 4.78 is 2.31.